The molecule has 2 N–H and O–H groups in total. The first kappa shape index (κ1) is 26.9. The van der Waals surface area contributed by atoms with Crippen molar-refractivity contribution in [2.45, 2.75) is 78.9 Å². The number of hydrogen-bond donors (Lipinski definition) is 2. The third-order valence-electron chi connectivity index (χ3n) is 4.92. The van der Waals surface area contributed by atoms with Crippen molar-refractivity contribution < 1.29 is 19.2 Å². The van der Waals surface area contributed by atoms with Gasteiger partial charge in [0.15, 0.2) is 0 Å². The summed E-state index contributed by atoms with van der Waals surface area (Å²) in [6, 6.07) is -2.05. The molecule has 3 atom stereocenters. The maximum absolute atomic E-state index is 13.3. The Morgan fingerprint density at radius 3 is 1.66 bits per heavy atom. The molecule has 4 amide bonds. The largest absolute Gasteiger partial charge is 0.357 e. The third-order valence-corrected chi connectivity index (χ3v) is 4.92. The van der Waals surface area contributed by atoms with Crippen LogP contribution in [0.25, 0.3) is 0 Å². The van der Waals surface area contributed by atoms with Gasteiger partial charge in [-0.05, 0) is 31.6 Å². The maximum Gasteiger partial charge on any atom is 0.245 e. The molecular weight excluding hydrogens is 372 g/mol. The average molecular weight is 413 g/mol. The molecule has 0 spiro atoms. The van der Waals surface area contributed by atoms with Crippen molar-refractivity contribution >= 4 is 23.6 Å². The third kappa shape index (κ3) is 8.41. The van der Waals surface area contributed by atoms with E-state index in [1.165, 1.54) is 9.80 Å². The monoisotopic (exact) mass is 412 g/mol. The number of nitrogens with zero attached hydrogens (tertiary/aromatic N) is 2. The Bertz CT molecular complexity index is 577. The first-order chi connectivity index (χ1) is 13.4. The molecule has 0 aliphatic carbocycles. The minimum absolute atomic E-state index is 0.164. The van der Waals surface area contributed by atoms with Crippen molar-refractivity contribution in [3.8, 4) is 0 Å². The van der Waals surface area contributed by atoms with Crippen LogP contribution in [0.15, 0.2) is 0 Å². The summed E-state index contributed by atoms with van der Waals surface area (Å²) in [7, 11) is 4.74. The van der Waals surface area contributed by atoms with Crippen LogP contribution in [-0.4, -0.2) is 72.7 Å². The highest BCUT2D eigenvalue weighted by atomic mass is 16.2. The van der Waals surface area contributed by atoms with Crippen molar-refractivity contribution in [2.24, 2.45) is 11.8 Å². The summed E-state index contributed by atoms with van der Waals surface area (Å²) in [6.45, 7) is 11.3. The van der Waals surface area contributed by atoms with E-state index >= 15 is 0 Å². The van der Waals surface area contributed by atoms with Gasteiger partial charge in [-0.2, -0.15) is 0 Å². The molecule has 8 heteroatoms. The molecular formula is C21H40N4O4. The highest BCUT2D eigenvalue weighted by molar-refractivity contribution is 5.93. The summed E-state index contributed by atoms with van der Waals surface area (Å²) in [5.74, 6) is -0.677. The number of rotatable bonds is 11. The molecule has 0 aromatic carbocycles. The van der Waals surface area contributed by atoms with E-state index in [2.05, 4.69) is 10.6 Å². The molecule has 0 radical (unpaired) electrons. The lowest BCUT2D eigenvalue weighted by Crippen LogP contribution is -2.57. The van der Waals surface area contributed by atoms with Gasteiger partial charge in [-0.1, -0.05) is 34.6 Å². The van der Waals surface area contributed by atoms with E-state index in [4.69, 9.17) is 0 Å². The van der Waals surface area contributed by atoms with Gasteiger partial charge in [0.05, 0.1) is 0 Å². The molecule has 0 aromatic heterocycles. The summed E-state index contributed by atoms with van der Waals surface area (Å²) in [5.41, 5.74) is 0. The van der Waals surface area contributed by atoms with Gasteiger partial charge in [0.1, 0.15) is 18.1 Å². The van der Waals surface area contributed by atoms with E-state index in [1.54, 1.807) is 35.0 Å². The predicted molar refractivity (Wildman–Crippen MR) is 114 cm³/mol. The van der Waals surface area contributed by atoms with E-state index in [0.717, 1.165) is 0 Å². The summed E-state index contributed by atoms with van der Waals surface area (Å²) in [6.07, 6.45) is 1.26. The van der Waals surface area contributed by atoms with Gasteiger partial charge in [0.25, 0.3) is 0 Å². The van der Waals surface area contributed by atoms with Crippen LogP contribution in [0.4, 0.5) is 0 Å². The van der Waals surface area contributed by atoms with Crippen molar-refractivity contribution in [3.05, 3.63) is 0 Å². The first-order valence-corrected chi connectivity index (χ1v) is 10.4. The zero-order chi connectivity index (χ0) is 22.9. The van der Waals surface area contributed by atoms with Crippen LogP contribution < -0.4 is 10.6 Å². The molecule has 0 bridgehead atoms. The topological polar surface area (TPSA) is 98.8 Å². The smallest absolute Gasteiger partial charge is 0.245 e. The van der Waals surface area contributed by atoms with Crippen molar-refractivity contribution in [1.82, 2.24) is 20.4 Å². The molecule has 8 nitrogen and oxygen atoms in total. The number of hydrogen-bond acceptors (Lipinski definition) is 4. The number of nitrogens with one attached hydrogen (secondary N) is 2. The van der Waals surface area contributed by atoms with Gasteiger partial charge >= 0.3 is 0 Å². The molecule has 0 aliphatic heterocycles. The van der Waals surface area contributed by atoms with E-state index in [9.17, 15) is 19.2 Å². The van der Waals surface area contributed by atoms with E-state index in [1.807, 2.05) is 27.7 Å². The minimum Gasteiger partial charge on any atom is -0.357 e. The molecule has 0 rings (SSSR count). The summed E-state index contributed by atoms with van der Waals surface area (Å²) in [5, 5.41) is 5.27. The molecule has 0 fully saturated rings. The van der Waals surface area contributed by atoms with Crippen LogP contribution in [0.2, 0.25) is 0 Å². The molecule has 29 heavy (non-hydrogen) atoms. The number of amides is 4. The van der Waals surface area contributed by atoms with Gasteiger partial charge in [-0.25, -0.2) is 0 Å². The highest BCUT2D eigenvalue weighted by Gasteiger charge is 2.36. The van der Waals surface area contributed by atoms with Crippen LogP contribution in [-0.2, 0) is 19.2 Å². The lowest BCUT2D eigenvalue weighted by molar-refractivity contribution is -0.149. The van der Waals surface area contributed by atoms with Gasteiger partial charge < -0.3 is 20.4 Å². The summed E-state index contributed by atoms with van der Waals surface area (Å²) < 4.78 is 0. The molecule has 0 aliphatic rings. The van der Waals surface area contributed by atoms with E-state index in [0.29, 0.717) is 12.8 Å². The number of carbonyl (C=O) groups excluding carboxylic acids is 4. The Hall–Kier alpha value is -2.12. The van der Waals surface area contributed by atoms with Crippen LogP contribution in [0.1, 0.15) is 60.8 Å². The SMILES string of the molecule is CCC(=O)N[C@H](C)C(=O)N(C)[C@@H](CC(C)C)C(=O)N(C)C(CC(C)C)C(=O)NC. The lowest BCUT2D eigenvalue weighted by atomic mass is 9.97. The van der Waals surface area contributed by atoms with Gasteiger partial charge in [0.2, 0.25) is 23.6 Å². The van der Waals surface area contributed by atoms with Crippen LogP contribution in [0.5, 0.6) is 0 Å². The van der Waals surface area contributed by atoms with Crippen LogP contribution >= 0.6 is 0 Å². The van der Waals surface area contributed by atoms with Crippen LogP contribution in [0.3, 0.4) is 0 Å². The fourth-order valence-electron chi connectivity index (χ4n) is 3.18. The molecule has 1 unspecified atom stereocenters. The molecule has 0 saturated heterocycles. The highest BCUT2D eigenvalue weighted by Crippen LogP contribution is 2.18. The fourth-order valence-corrected chi connectivity index (χ4v) is 3.18. The Morgan fingerprint density at radius 1 is 0.793 bits per heavy atom. The summed E-state index contributed by atoms with van der Waals surface area (Å²) >= 11 is 0. The second-order valence-electron chi connectivity index (χ2n) is 8.45. The summed E-state index contributed by atoms with van der Waals surface area (Å²) in [4.78, 5) is 53.0. The van der Waals surface area contributed by atoms with Crippen molar-refractivity contribution in [3.63, 3.8) is 0 Å². The zero-order valence-corrected chi connectivity index (χ0v) is 19.5. The Balaban J connectivity index is 5.66. The Morgan fingerprint density at radius 2 is 1.24 bits per heavy atom. The first-order valence-electron chi connectivity index (χ1n) is 10.4. The second-order valence-corrected chi connectivity index (χ2v) is 8.45. The predicted octanol–water partition coefficient (Wildman–Crippen LogP) is 1.39. The molecule has 0 saturated carbocycles. The fraction of sp³-hybridized carbons (Fsp3) is 0.810. The molecule has 0 heterocycles. The molecule has 0 aromatic rings. The van der Waals surface area contributed by atoms with Gasteiger partial charge in [-0.3, -0.25) is 19.2 Å². The standard InChI is InChI=1S/C21H40N4O4/c1-10-18(26)23-15(6)20(28)25(9)17(12-14(4)5)21(29)24(8)16(11-13(2)3)19(27)22-7/h13-17H,10-12H2,1-9H3,(H,22,27)(H,23,26)/t15-,16?,17+/m1/s1. The quantitative estimate of drug-likeness (QED) is 0.536. The van der Waals surface area contributed by atoms with E-state index in [-0.39, 0.29) is 41.9 Å². The number of carbonyl (C=O) groups is 4. The van der Waals surface area contributed by atoms with Crippen molar-refractivity contribution in [2.75, 3.05) is 21.1 Å². The molecule has 168 valence electrons. The number of likely N-dealkylation sites (N-methyl/N-ethyl adjacent to an activating group) is 3. The Labute approximate surface area is 175 Å². The average Bonchev–Trinajstić information content (AvgIpc) is 2.66. The Kier molecular flexibility index (Phi) is 11.5. The van der Waals surface area contributed by atoms with Crippen LogP contribution in [0, 0.1) is 11.8 Å². The second kappa shape index (κ2) is 12.4. The van der Waals surface area contributed by atoms with Gasteiger partial charge in [-0.15, -0.1) is 0 Å². The normalized spacial score (nSPS) is 14.2. The van der Waals surface area contributed by atoms with Crippen molar-refractivity contribution in [1.29, 1.82) is 0 Å². The lowest BCUT2D eigenvalue weighted by Gasteiger charge is -2.36. The maximum atomic E-state index is 13.3. The minimum atomic E-state index is -0.731. The van der Waals surface area contributed by atoms with Gasteiger partial charge in [0, 0.05) is 27.6 Å². The van der Waals surface area contributed by atoms with E-state index < -0.39 is 18.1 Å². The zero-order valence-electron chi connectivity index (χ0n) is 19.5.